The van der Waals surface area contributed by atoms with E-state index in [1.54, 1.807) is 0 Å². The summed E-state index contributed by atoms with van der Waals surface area (Å²) in [6.07, 6.45) is 48.1. The topological polar surface area (TPSA) is 94.1 Å². The fraction of sp³-hybridized carbons (Fsp3) is 0.761. The number of rotatable bonds is 40. The molecule has 0 rings (SSSR count). The minimum Gasteiger partial charge on any atom is -0.756 e. The number of allylic oxidation sites excluding steroid dienone is 10. The molecule has 0 aliphatic rings. The molecule has 0 spiro atoms. The van der Waals surface area contributed by atoms with E-state index < -0.39 is 19.9 Å². The summed E-state index contributed by atoms with van der Waals surface area (Å²) in [6.45, 7) is 5.22. The van der Waals surface area contributed by atoms with Crippen LogP contribution in [-0.4, -0.2) is 70.7 Å². The van der Waals surface area contributed by atoms with E-state index in [4.69, 9.17) is 18.5 Å². The number of hydrogen-bond donors (Lipinski definition) is 0. The molecule has 1 unspecified atom stereocenters. The van der Waals surface area contributed by atoms with E-state index in [2.05, 4.69) is 74.6 Å². The number of hydrogen-bond acceptors (Lipinski definition) is 7. The van der Waals surface area contributed by atoms with Gasteiger partial charge in [-0.2, -0.15) is 0 Å². The molecular weight excluding hydrogens is 709 g/mol. The van der Waals surface area contributed by atoms with Crippen LogP contribution in [0, 0.1) is 0 Å². The maximum atomic E-state index is 12.7. The Hall–Kier alpha value is -1.80. The molecule has 8 nitrogen and oxygen atoms in total. The number of nitrogens with zero attached hydrogens (tertiary/aromatic N) is 1. The number of esters is 1. The number of carbonyl (C=O) groups excluding carboxylic acids is 1. The molecular formula is C46H84NO7P. The van der Waals surface area contributed by atoms with Crippen molar-refractivity contribution in [1.29, 1.82) is 0 Å². The third kappa shape index (κ3) is 43.2. The molecule has 0 bridgehead atoms. The highest BCUT2D eigenvalue weighted by atomic mass is 31.2. The molecule has 0 N–H and O–H groups in total. The third-order valence-electron chi connectivity index (χ3n) is 9.08. The molecule has 0 amide bonds. The molecule has 0 aliphatic heterocycles. The summed E-state index contributed by atoms with van der Waals surface area (Å²) < 4.78 is 34.5. The van der Waals surface area contributed by atoms with E-state index in [1.165, 1.54) is 89.9 Å². The highest BCUT2D eigenvalue weighted by Crippen LogP contribution is 2.38. The summed E-state index contributed by atoms with van der Waals surface area (Å²) in [7, 11) is 1.32. The standard InChI is InChI=1S/C46H84NO7P/c1-6-8-10-12-14-16-18-20-22-24-25-27-29-31-33-35-37-39-46(48)54-45(44-53-55(49,50)52-42-40-47(3,4)5)43-51-41-38-36-34-32-30-28-26-23-21-19-17-15-13-11-9-7-2/h8,10,14,16,20,22,25,27,31,33,45H,6-7,9,11-13,15,17-19,21,23-24,26,28-30,32,34-44H2,1-5H3/b10-8-,16-14-,22-20-,27-25-,33-31-/t45-/m1/s1. The first kappa shape index (κ1) is 53.2. The van der Waals surface area contributed by atoms with Crippen LogP contribution in [0.4, 0.5) is 0 Å². The van der Waals surface area contributed by atoms with Gasteiger partial charge in [-0.1, -0.05) is 171 Å². The van der Waals surface area contributed by atoms with Crippen molar-refractivity contribution in [3.05, 3.63) is 60.8 Å². The van der Waals surface area contributed by atoms with Gasteiger partial charge < -0.3 is 27.9 Å². The smallest absolute Gasteiger partial charge is 0.306 e. The molecule has 0 aromatic rings. The second-order valence-corrected chi connectivity index (χ2v) is 17.1. The number of phosphoric acid groups is 1. The average molecular weight is 794 g/mol. The van der Waals surface area contributed by atoms with Crippen LogP contribution >= 0.6 is 7.82 Å². The summed E-state index contributed by atoms with van der Waals surface area (Å²) in [5, 5.41) is 0. The van der Waals surface area contributed by atoms with Gasteiger partial charge in [-0.25, -0.2) is 0 Å². The van der Waals surface area contributed by atoms with Crippen molar-refractivity contribution in [3.63, 3.8) is 0 Å². The van der Waals surface area contributed by atoms with Crippen LogP contribution in [0.2, 0.25) is 0 Å². The molecule has 0 saturated carbocycles. The first-order valence-electron chi connectivity index (χ1n) is 22.0. The molecule has 55 heavy (non-hydrogen) atoms. The third-order valence-corrected chi connectivity index (χ3v) is 10.0. The van der Waals surface area contributed by atoms with Crippen molar-refractivity contribution in [1.82, 2.24) is 0 Å². The minimum absolute atomic E-state index is 0.0142. The lowest BCUT2D eigenvalue weighted by molar-refractivity contribution is -0.870. The lowest BCUT2D eigenvalue weighted by atomic mass is 10.0. The Bertz CT molecular complexity index is 1060. The predicted octanol–water partition coefficient (Wildman–Crippen LogP) is 12.3. The zero-order valence-corrected chi connectivity index (χ0v) is 37.0. The van der Waals surface area contributed by atoms with Crippen LogP contribution in [-0.2, 0) is 27.9 Å². The average Bonchev–Trinajstić information content (AvgIpc) is 3.13. The Morgan fingerprint density at radius 1 is 0.582 bits per heavy atom. The summed E-state index contributed by atoms with van der Waals surface area (Å²) in [5.74, 6) is -0.390. The van der Waals surface area contributed by atoms with Crippen molar-refractivity contribution in [2.45, 2.75) is 174 Å². The molecule has 9 heteroatoms. The second kappa shape index (κ2) is 39.0. The van der Waals surface area contributed by atoms with Gasteiger partial charge in [-0.15, -0.1) is 0 Å². The Balaban J connectivity index is 4.33. The van der Waals surface area contributed by atoms with Gasteiger partial charge >= 0.3 is 5.97 Å². The first-order valence-corrected chi connectivity index (χ1v) is 23.5. The molecule has 0 aromatic carbocycles. The summed E-state index contributed by atoms with van der Waals surface area (Å²) in [6, 6.07) is 0. The van der Waals surface area contributed by atoms with Crippen LogP contribution in [0.3, 0.4) is 0 Å². The van der Waals surface area contributed by atoms with Gasteiger partial charge in [0.15, 0.2) is 0 Å². The second-order valence-electron chi connectivity index (χ2n) is 15.7. The Kier molecular flexibility index (Phi) is 37.8. The van der Waals surface area contributed by atoms with Crippen LogP contribution in [0.5, 0.6) is 0 Å². The Morgan fingerprint density at radius 2 is 1.04 bits per heavy atom. The summed E-state index contributed by atoms with van der Waals surface area (Å²) in [4.78, 5) is 25.0. The number of carbonyl (C=O) groups is 1. The molecule has 0 saturated heterocycles. The first-order chi connectivity index (χ1) is 26.6. The zero-order valence-electron chi connectivity index (χ0n) is 36.1. The van der Waals surface area contributed by atoms with Gasteiger partial charge in [0.1, 0.15) is 19.3 Å². The SMILES string of the molecule is CC/C=C\C/C=C\C/C=C\C/C=C\C/C=C\CCCC(=O)O[C@H](COCCCCCCCCCCCCCCCCCC)COP(=O)([O-])OCC[N+](C)(C)C. The van der Waals surface area contributed by atoms with Gasteiger partial charge in [0.25, 0.3) is 7.82 Å². The lowest BCUT2D eigenvalue weighted by Gasteiger charge is -2.28. The van der Waals surface area contributed by atoms with Crippen LogP contribution in [0.25, 0.3) is 0 Å². The molecule has 0 fully saturated rings. The number of ether oxygens (including phenoxy) is 2. The van der Waals surface area contributed by atoms with Crippen molar-refractivity contribution in [2.24, 2.45) is 0 Å². The van der Waals surface area contributed by atoms with Crippen molar-refractivity contribution >= 4 is 13.8 Å². The zero-order chi connectivity index (χ0) is 40.6. The van der Waals surface area contributed by atoms with E-state index in [1.807, 2.05) is 21.1 Å². The molecule has 2 atom stereocenters. The number of unbranched alkanes of at least 4 members (excludes halogenated alkanes) is 16. The van der Waals surface area contributed by atoms with Crippen molar-refractivity contribution < 1.29 is 37.3 Å². The molecule has 320 valence electrons. The summed E-state index contributed by atoms with van der Waals surface area (Å²) in [5.41, 5.74) is 0. The van der Waals surface area contributed by atoms with Gasteiger partial charge in [-0.3, -0.25) is 9.36 Å². The van der Waals surface area contributed by atoms with Crippen molar-refractivity contribution in [3.8, 4) is 0 Å². The van der Waals surface area contributed by atoms with Crippen molar-refractivity contribution in [2.75, 3.05) is 54.1 Å². The monoisotopic (exact) mass is 794 g/mol. The van der Waals surface area contributed by atoms with Crippen LogP contribution in [0.1, 0.15) is 168 Å². The molecule has 0 heterocycles. The number of quaternary nitrogens is 1. The Labute approximate surface area is 339 Å². The van der Waals surface area contributed by atoms with Crippen LogP contribution in [0.15, 0.2) is 60.8 Å². The maximum absolute atomic E-state index is 12.7. The predicted molar refractivity (Wildman–Crippen MR) is 231 cm³/mol. The van der Waals surface area contributed by atoms with Gasteiger partial charge in [0.05, 0.1) is 34.4 Å². The lowest BCUT2D eigenvalue weighted by Crippen LogP contribution is -2.37. The largest absolute Gasteiger partial charge is 0.756 e. The minimum atomic E-state index is -4.54. The van der Waals surface area contributed by atoms with E-state index in [9.17, 15) is 14.3 Å². The molecule has 0 aromatic heterocycles. The number of phosphoric ester groups is 1. The van der Waals surface area contributed by atoms with E-state index in [-0.39, 0.29) is 26.2 Å². The summed E-state index contributed by atoms with van der Waals surface area (Å²) >= 11 is 0. The van der Waals surface area contributed by atoms with Gasteiger partial charge in [0.2, 0.25) is 0 Å². The van der Waals surface area contributed by atoms with E-state index in [0.717, 1.165) is 51.4 Å². The fourth-order valence-electron chi connectivity index (χ4n) is 5.70. The highest BCUT2D eigenvalue weighted by molar-refractivity contribution is 7.45. The van der Waals surface area contributed by atoms with Gasteiger partial charge in [0, 0.05) is 13.0 Å². The molecule has 0 aliphatic carbocycles. The molecule has 0 radical (unpaired) electrons. The quantitative estimate of drug-likeness (QED) is 0.0200. The number of likely N-dealkylation sites (N-methyl/N-ethyl adjacent to an activating group) is 1. The van der Waals surface area contributed by atoms with Crippen LogP contribution < -0.4 is 4.89 Å². The fourth-order valence-corrected chi connectivity index (χ4v) is 6.43. The van der Waals surface area contributed by atoms with Gasteiger partial charge in [-0.05, 0) is 51.4 Å². The maximum Gasteiger partial charge on any atom is 0.306 e. The Morgan fingerprint density at radius 3 is 1.51 bits per heavy atom. The van der Waals surface area contributed by atoms with E-state index in [0.29, 0.717) is 24.1 Å². The van der Waals surface area contributed by atoms with E-state index >= 15 is 0 Å². The normalized spacial score (nSPS) is 14.4. The highest BCUT2D eigenvalue weighted by Gasteiger charge is 2.20.